The topological polar surface area (TPSA) is 112 Å². The molecule has 5 rings (SSSR count). The van der Waals surface area contributed by atoms with E-state index in [2.05, 4.69) is 20.1 Å². The highest BCUT2D eigenvalue weighted by atomic mass is 19.4. The van der Waals surface area contributed by atoms with Gasteiger partial charge >= 0.3 is 12.5 Å². The Hall–Kier alpha value is -3.38. The first-order valence-corrected chi connectivity index (χ1v) is 11.8. The predicted molar refractivity (Wildman–Crippen MR) is 115 cm³/mol. The molecule has 3 aliphatic rings. The molecule has 1 spiro atoms. The third-order valence-corrected chi connectivity index (χ3v) is 7.79. The highest BCUT2D eigenvalue weighted by Gasteiger charge is 2.55. The number of amides is 2. The maximum Gasteiger partial charge on any atom is 0.573 e. The van der Waals surface area contributed by atoms with Crippen LogP contribution in [0.1, 0.15) is 36.2 Å². The van der Waals surface area contributed by atoms with Gasteiger partial charge in [0.25, 0.3) is 0 Å². The molecule has 2 atom stereocenters. The minimum absolute atomic E-state index is 0.0237. The third kappa shape index (κ3) is 4.58. The summed E-state index contributed by atoms with van der Waals surface area (Å²) in [6.45, 7) is 1.20. The number of aryl methyl sites for hydroxylation is 1. The van der Waals surface area contributed by atoms with Crippen LogP contribution in [0.2, 0.25) is 0 Å². The molecule has 3 heterocycles. The first-order valence-electron chi connectivity index (χ1n) is 11.8. The average molecular weight is 511 g/mol. The largest absolute Gasteiger partial charge is 0.573 e. The summed E-state index contributed by atoms with van der Waals surface area (Å²) >= 11 is 0. The summed E-state index contributed by atoms with van der Waals surface area (Å²) in [5, 5.41) is 20.3. The van der Waals surface area contributed by atoms with Crippen molar-refractivity contribution in [2.45, 2.75) is 50.9 Å². The standard InChI is InChI=1S/C23H25F4N5O4/c24-16-11-15(36-23(25,26)27)3-1-13(16)10-19-22(12-32(19)21(34)35)5-7-31(8-6-22)20(33)14-2-4-17-18(9-14)29-30-28-17/h1,3,11,14,19H,2,4-10,12H2,(H,34,35)(H,28,29,30). The van der Waals surface area contributed by atoms with E-state index >= 15 is 0 Å². The van der Waals surface area contributed by atoms with Gasteiger partial charge in [0.05, 0.1) is 11.4 Å². The van der Waals surface area contributed by atoms with E-state index in [-0.39, 0.29) is 30.4 Å². The van der Waals surface area contributed by atoms with Crippen molar-refractivity contribution in [3.8, 4) is 5.75 Å². The van der Waals surface area contributed by atoms with E-state index in [0.717, 1.165) is 17.5 Å². The van der Waals surface area contributed by atoms with Gasteiger partial charge in [-0.1, -0.05) is 11.3 Å². The fraction of sp³-hybridized carbons (Fsp3) is 0.565. The van der Waals surface area contributed by atoms with Crippen LogP contribution in [0.4, 0.5) is 22.4 Å². The van der Waals surface area contributed by atoms with E-state index in [1.807, 2.05) is 4.90 Å². The molecular formula is C23H25F4N5O4. The quantitative estimate of drug-likeness (QED) is 0.610. The Morgan fingerprint density at radius 2 is 2.00 bits per heavy atom. The number of piperidine rings is 1. The van der Waals surface area contributed by atoms with Crippen LogP contribution in [-0.2, 0) is 24.1 Å². The maximum atomic E-state index is 14.6. The fourth-order valence-corrected chi connectivity index (χ4v) is 5.82. The molecule has 2 saturated heterocycles. The number of benzene rings is 1. The summed E-state index contributed by atoms with van der Waals surface area (Å²) in [6.07, 6.45) is -2.97. The zero-order valence-electron chi connectivity index (χ0n) is 19.2. The zero-order chi connectivity index (χ0) is 25.7. The molecule has 2 N–H and O–H groups in total. The Bertz CT molecular complexity index is 1160. The minimum atomic E-state index is -4.94. The second-order valence-electron chi connectivity index (χ2n) is 9.80. The molecule has 2 fully saturated rings. The van der Waals surface area contributed by atoms with E-state index < -0.39 is 35.5 Å². The van der Waals surface area contributed by atoms with Gasteiger partial charge < -0.3 is 19.6 Å². The molecule has 194 valence electrons. The van der Waals surface area contributed by atoms with Crippen molar-refractivity contribution in [2.24, 2.45) is 11.3 Å². The minimum Gasteiger partial charge on any atom is -0.465 e. The number of carboxylic acid groups (broad SMARTS) is 1. The maximum absolute atomic E-state index is 14.6. The van der Waals surface area contributed by atoms with Crippen LogP contribution in [0.5, 0.6) is 5.75 Å². The Kier molecular flexibility index (Phi) is 6.03. The second-order valence-corrected chi connectivity index (χ2v) is 9.80. The number of H-pyrrole nitrogens is 1. The summed E-state index contributed by atoms with van der Waals surface area (Å²) in [7, 11) is 0. The first kappa shape index (κ1) is 24.3. The smallest absolute Gasteiger partial charge is 0.465 e. The first-order chi connectivity index (χ1) is 17.0. The summed E-state index contributed by atoms with van der Waals surface area (Å²) in [6, 6.07) is 2.34. The van der Waals surface area contributed by atoms with E-state index in [9.17, 15) is 32.3 Å². The van der Waals surface area contributed by atoms with E-state index in [1.165, 1.54) is 11.0 Å². The predicted octanol–water partition coefficient (Wildman–Crippen LogP) is 3.16. The molecule has 36 heavy (non-hydrogen) atoms. The van der Waals surface area contributed by atoms with Crippen LogP contribution in [0, 0.1) is 17.2 Å². The van der Waals surface area contributed by atoms with Crippen LogP contribution in [-0.4, -0.2) is 74.4 Å². The summed E-state index contributed by atoms with van der Waals surface area (Å²) in [5.41, 5.74) is 1.48. The van der Waals surface area contributed by atoms with Crippen molar-refractivity contribution in [2.75, 3.05) is 19.6 Å². The molecule has 2 aromatic rings. The number of alkyl halides is 3. The molecule has 0 saturated carbocycles. The molecule has 0 radical (unpaired) electrons. The fourth-order valence-electron chi connectivity index (χ4n) is 5.82. The number of aromatic amines is 1. The number of likely N-dealkylation sites (tertiary alicyclic amines) is 2. The average Bonchev–Trinajstić information content (AvgIpc) is 3.28. The third-order valence-electron chi connectivity index (χ3n) is 7.79. The number of hydrogen-bond donors (Lipinski definition) is 2. The number of carbonyl (C=O) groups is 2. The normalized spacial score (nSPS) is 23.2. The summed E-state index contributed by atoms with van der Waals surface area (Å²) in [4.78, 5) is 28.0. The Morgan fingerprint density at radius 3 is 2.67 bits per heavy atom. The lowest BCUT2D eigenvalue weighted by molar-refractivity contribution is -0.274. The SMILES string of the molecule is O=C(C1CCc2[nH]nnc2C1)N1CCC2(CC1)CN(C(=O)O)C2Cc1ccc(OC(F)(F)F)cc1F. The summed E-state index contributed by atoms with van der Waals surface area (Å²) in [5.74, 6) is -1.68. The van der Waals surface area contributed by atoms with Crippen molar-refractivity contribution < 1.29 is 37.0 Å². The summed E-state index contributed by atoms with van der Waals surface area (Å²) < 4.78 is 55.7. The van der Waals surface area contributed by atoms with Crippen LogP contribution in [0.15, 0.2) is 18.2 Å². The number of fused-ring (bicyclic) bond motifs is 1. The van der Waals surface area contributed by atoms with Gasteiger partial charge in [-0.05, 0) is 43.7 Å². The Labute approximate surface area is 203 Å². The van der Waals surface area contributed by atoms with Crippen molar-refractivity contribution in [3.63, 3.8) is 0 Å². The van der Waals surface area contributed by atoms with Gasteiger partial charge in [0.2, 0.25) is 5.91 Å². The lowest BCUT2D eigenvalue weighted by Crippen LogP contribution is -2.69. The van der Waals surface area contributed by atoms with Crippen LogP contribution >= 0.6 is 0 Å². The Balaban J connectivity index is 1.25. The highest BCUT2D eigenvalue weighted by Crippen LogP contribution is 2.48. The molecule has 1 aromatic heterocycles. The number of halogens is 4. The van der Waals surface area contributed by atoms with Crippen LogP contribution < -0.4 is 4.74 Å². The lowest BCUT2D eigenvalue weighted by Gasteiger charge is -2.59. The monoisotopic (exact) mass is 511 g/mol. The number of nitrogens with one attached hydrogen (secondary N) is 1. The number of ether oxygens (including phenoxy) is 1. The van der Waals surface area contributed by atoms with E-state index in [0.29, 0.717) is 51.3 Å². The molecule has 9 nitrogen and oxygen atoms in total. The van der Waals surface area contributed by atoms with Crippen molar-refractivity contribution in [1.82, 2.24) is 25.2 Å². The second kappa shape index (κ2) is 8.93. The van der Waals surface area contributed by atoms with Gasteiger partial charge in [0, 0.05) is 49.5 Å². The molecule has 0 bridgehead atoms. The molecule has 2 amide bonds. The van der Waals surface area contributed by atoms with Gasteiger partial charge in [-0.3, -0.25) is 9.89 Å². The molecule has 1 aliphatic carbocycles. The van der Waals surface area contributed by atoms with Gasteiger partial charge in [0.1, 0.15) is 11.6 Å². The highest BCUT2D eigenvalue weighted by molar-refractivity contribution is 5.79. The van der Waals surface area contributed by atoms with Gasteiger partial charge in [-0.2, -0.15) is 0 Å². The molecule has 1 aromatic carbocycles. The van der Waals surface area contributed by atoms with E-state index in [1.54, 1.807) is 0 Å². The number of hydrogen-bond acceptors (Lipinski definition) is 5. The molecule has 2 unspecified atom stereocenters. The zero-order valence-corrected chi connectivity index (χ0v) is 19.2. The lowest BCUT2D eigenvalue weighted by atomic mass is 9.63. The molecule has 13 heteroatoms. The number of rotatable bonds is 4. The van der Waals surface area contributed by atoms with Gasteiger partial charge in [-0.15, -0.1) is 18.3 Å². The van der Waals surface area contributed by atoms with Crippen molar-refractivity contribution >= 4 is 12.0 Å². The number of aromatic nitrogens is 3. The molecule has 2 aliphatic heterocycles. The van der Waals surface area contributed by atoms with Crippen molar-refractivity contribution in [3.05, 3.63) is 41.0 Å². The Morgan fingerprint density at radius 1 is 1.25 bits per heavy atom. The van der Waals surface area contributed by atoms with Gasteiger partial charge in [0.15, 0.2) is 0 Å². The number of carbonyl (C=O) groups excluding carboxylic acids is 1. The molecular weight excluding hydrogens is 486 g/mol. The van der Waals surface area contributed by atoms with Crippen LogP contribution in [0.25, 0.3) is 0 Å². The van der Waals surface area contributed by atoms with Crippen molar-refractivity contribution in [1.29, 1.82) is 0 Å². The van der Waals surface area contributed by atoms with Gasteiger partial charge in [-0.25, -0.2) is 9.18 Å². The van der Waals surface area contributed by atoms with Crippen LogP contribution in [0.3, 0.4) is 0 Å². The number of nitrogens with zero attached hydrogens (tertiary/aromatic N) is 4. The van der Waals surface area contributed by atoms with E-state index in [4.69, 9.17) is 0 Å².